The first-order chi connectivity index (χ1) is 52.3. The second-order valence-electron chi connectivity index (χ2n) is 35.2. The van der Waals surface area contributed by atoms with Crippen molar-refractivity contribution in [2.24, 2.45) is 0 Å². The number of anilines is 8. The van der Waals surface area contributed by atoms with Crippen LogP contribution in [0.2, 0.25) is 0 Å². The fraction of sp³-hybridized carbons (Fsp3) is 0.320. The van der Waals surface area contributed by atoms with E-state index in [0.717, 1.165) is 99.8 Å². The zero-order chi connectivity index (χ0) is 73.8. The van der Waals surface area contributed by atoms with Crippen LogP contribution < -0.4 is 19.6 Å². The third-order valence-electron chi connectivity index (χ3n) is 30.6. The Morgan fingerprint density at radius 2 is 0.444 bits per heavy atom. The fourth-order valence-electron chi connectivity index (χ4n) is 23.9. The van der Waals surface area contributed by atoms with Gasteiger partial charge in [-0.1, -0.05) is 128 Å². The molecule has 8 atom stereocenters. The van der Waals surface area contributed by atoms with Gasteiger partial charge in [0.2, 0.25) is 0 Å². The van der Waals surface area contributed by atoms with Crippen molar-refractivity contribution in [1.82, 2.24) is 0 Å². The van der Waals surface area contributed by atoms with Crippen molar-refractivity contribution in [1.29, 1.82) is 21.0 Å². The van der Waals surface area contributed by atoms with E-state index in [1.165, 1.54) is 148 Å². The highest BCUT2D eigenvalue weighted by atomic mass is 15.3. The smallest absolute Gasteiger partial charge is 0.0991 e. The van der Waals surface area contributed by atoms with Crippen LogP contribution in [0.5, 0.6) is 0 Å². The van der Waals surface area contributed by atoms with Gasteiger partial charge in [0.15, 0.2) is 0 Å². The van der Waals surface area contributed by atoms with E-state index in [0.29, 0.717) is 22.3 Å². The van der Waals surface area contributed by atoms with Gasteiger partial charge in [0, 0.05) is 67.2 Å². The lowest BCUT2D eigenvalue weighted by molar-refractivity contribution is 0.195. The molecule has 0 amide bonds. The van der Waals surface area contributed by atoms with Crippen molar-refractivity contribution in [3.63, 3.8) is 0 Å². The number of nitrogens with zero attached hydrogens (tertiary/aromatic N) is 8. The largest absolute Gasteiger partial charge is 0.334 e. The Morgan fingerprint density at radius 3 is 0.648 bits per heavy atom. The summed E-state index contributed by atoms with van der Waals surface area (Å²) in [6, 6.07) is 87.7. The third kappa shape index (κ3) is 8.64. The first-order valence-corrected chi connectivity index (χ1v) is 39.9. The van der Waals surface area contributed by atoms with Crippen LogP contribution in [0.4, 0.5) is 45.5 Å². The molecule has 0 bridgehead atoms. The molecule has 4 saturated carbocycles. The lowest BCUT2D eigenvalue weighted by Crippen LogP contribution is -2.54. The Bertz CT molecular complexity index is 5280. The maximum atomic E-state index is 10.0. The third-order valence-corrected chi connectivity index (χ3v) is 30.6. The standard InChI is InChI=1S/C100H90N8/c1-93-45-9-13-49-97(93,5)105(71-29-17-63(59-101)18-30-71)87-41-25-67(53-83(87)93)79-57-80(68-26-42-88-84(54-68)94(2)46-10-14-50-98(94,6)106(88)72-31-19-64(60-102)20-32-72)76-39-40-78-82(70-28-44-90-86(56-70)96(4)48-12-16-52-100(96,8)108(90)74-35-23-66(62-104)24-36-74)58-81(77-38-37-75(79)91(76)92(77)78)69-27-43-89-85(55-69)95(3)47-11-15-51-99(95,7)107(89)73-33-21-65(61-103)22-34-73/h17-44,53-58H,9-16,45-52H2,1-8H3. The molecular weight excluding hydrogens is 1310 g/mol. The van der Waals surface area contributed by atoms with Crippen molar-refractivity contribution in [2.45, 2.75) is 202 Å². The molecule has 12 aromatic carbocycles. The van der Waals surface area contributed by atoms with Gasteiger partial charge >= 0.3 is 0 Å². The summed E-state index contributed by atoms with van der Waals surface area (Å²) in [5, 5.41) is 47.6. The molecule has 4 aliphatic carbocycles. The van der Waals surface area contributed by atoms with Gasteiger partial charge in [-0.05, 0) is 336 Å². The van der Waals surface area contributed by atoms with Crippen LogP contribution in [-0.4, -0.2) is 22.2 Å². The average Bonchev–Trinajstić information content (AvgIpc) is 1.69. The molecule has 8 nitrogen and oxygen atoms in total. The number of hydrogen-bond donors (Lipinski definition) is 0. The van der Waals surface area contributed by atoms with Gasteiger partial charge in [-0.15, -0.1) is 0 Å². The topological polar surface area (TPSA) is 108 Å². The van der Waals surface area contributed by atoms with E-state index in [9.17, 15) is 21.0 Å². The molecule has 0 aromatic heterocycles. The predicted molar refractivity (Wildman–Crippen MR) is 442 cm³/mol. The minimum absolute atomic E-state index is 0.161. The van der Waals surface area contributed by atoms with Crippen LogP contribution in [0.15, 0.2) is 206 Å². The van der Waals surface area contributed by atoms with Crippen LogP contribution in [0.25, 0.3) is 76.8 Å². The number of nitriles is 4. The van der Waals surface area contributed by atoms with Gasteiger partial charge in [-0.3, -0.25) is 0 Å². The van der Waals surface area contributed by atoms with E-state index in [2.05, 4.69) is 257 Å². The Kier molecular flexibility index (Phi) is 14.2. The van der Waals surface area contributed by atoms with Crippen molar-refractivity contribution in [3.05, 3.63) is 251 Å². The summed E-state index contributed by atoms with van der Waals surface area (Å²) < 4.78 is 0. The van der Waals surface area contributed by atoms with E-state index in [-0.39, 0.29) is 43.8 Å². The molecule has 4 aliphatic heterocycles. The Hall–Kier alpha value is -11.2. The summed E-state index contributed by atoms with van der Waals surface area (Å²) in [7, 11) is 0. The summed E-state index contributed by atoms with van der Waals surface area (Å²) in [4.78, 5) is 10.5. The molecule has 8 unspecified atom stereocenters. The second-order valence-corrected chi connectivity index (χ2v) is 35.2. The summed E-state index contributed by atoms with van der Waals surface area (Å²) >= 11 is 0. The van der Waals surface area contributed by atoms with Crippen LogP contribution >= 0.6 is 0 Å². The van der Waals surface area contributed by atoms with Gasteiger partial charge in [-0.25, -0.2) is 0 Å². The van der Waals surface area contributed by atoms with Crippen molar-refractivity contribution in [2.75, 3.05) is 19.6 Å². The molecule has 0 radical (unpaired) electrons. The van der Waals surface area contributed by atoms with Gasteiger partial charge in [-0.2, -0.15) is 21.0 Å². The monoisotopic (exact) mass is 1400 g/mol. The van der Waals surface area contributed by atoms with E-state index in [1.807, 2.05) is 48.5 Å². The van der Waals surface area contributed by atoms with E-state index < -0.39 is 0 Å². The highest BCUT2D eigenvalue weighted by Gasteiger charge is 2.62. The van der Waals surface area contributed by atoms with Gasteiger partial charge in [0.05, 0.1) is 68.7 Å². The summed E-state index contributed by atoms with van der Waals surface area (Å²) in [5.74, 6) is 0. The molecule has 108 heavy (non-hydrogen) atoms. The fourth-order valence-corrected chi connectivity index (χ4v) is 23.9. The molecular formula is C100H90N8. The quantitative estimate of drug-likeness (QED) is 0.138. The number of fused-ring (bicyclic) bond motifs is 12. The minimum Gasteiger partial charge on any atom is -0.334 e. The lowest BCUT2D eigenvalue weighted by Gasteiger charge is -2.50. The SMILES string of the molecule is CC12CCCCC1(C)N(c1ccc(C#N)cc1)c1ccc(-c3cc(-c4ccc5c(c4)C4(C)CCCCC4(C)N5c4ccc(C#N)cc4)c4ccc5c(-c6ccc7c(c6)C6(C)CCCCC6(C)N7c6ccc(C#N)cc6)cc(-c6ccc7c(c6)C6(C)CCCCC6(C)N7c6ccc(C#N)cc6)c6ccc3c4c65)cc12. The van der Waals surface area contributed by atoms with E-state index in [1.54, 1.807) is 0 Å². The van der Waals surface area contributed by atoms with Gasteiger partial charge in [0.25, 0.3) is 0 Å². The molecule has 20 rings (SSSR count). The summed E-state index contributed by atoms with van der Waals surface area (Å²) in [6.07, 6.45) is 17.9. The molecule has 8 aliphatic rings. The predicted octanol–water partition coefficient (Wildman–Crippen LogP) is 25.7. The number of hydrogen-bond acceptors (Lipinski definition) is 8. The normalized spacial score (nSPS) is 27.0. The summed E-state index contributed by atoms with van der Waals surface area (Å²) in [5.41, 5.74) is 26.1. The zero-order valence-corrected chi connectivity index (χ0v) is 63.5. The molecule has 12 aromatic rings. The molecule has 0 spiro atoms. The molecule has 0 saturated heterocycles. The van der Waals surface area contributed by atoms with Crippen molar-refractivity contribution in [3.8, 4) is 68.8 Å². The Morgan fingerprint density at radius 1 is 0.241 bits per heavy atom. The second kappa shape index (κ2) is 23.2. The molecule has 0 N–H and O–H groups in total. The Balaban J connectivity index is 0.866. The highest BCUT2D eigenvalue weighted by Crippen LogP contribution is 2.67. The Labute approximate surface area is 636 Å². The molecule has 530 valence electrons. The zero-order valence-electron chi connectivity index (χ0n) is 63.5. The first kappa shape index (κ1) is 66.3. The van der Waals surface area contributed by atoms with Crippen LogP contribution in [0, 0.1) is 45.3 Å². The lowest BCUT2D eigenvalue weighted by atomic mass is 9.61. The number of benzene rings is 12. The van der Waals surface area contributed by atoms with E-state index in [4.69, 9.17) is 0 Å². The van der Waals surface area contributed by atoms with Crippen LogP contribution in [0.3, 0.4) is 0 Å². The van der Waals surface area contributed by atoms with Gasteiger partial charge < -0.3 is 19.6 Å². The minimum atomic E-state index is -0.195. The van der Waals surface area contributed by atoms with Crippen LogP contribution in [-0.2, 0) is 21.7 Å². The van der Waals surface area contributed by atoms with Crippen molar-refractivity contribution < 1.29 is 0 Å². The van der Waals surface area contributed by atoms with Crippen LogP contribution in [0.1, 0.15) is 203 Å². The molecule has 4 fully saturated rings. The highest BCUT2D eigenvalue weighted by molar-refractivity contribution is 6.32. The number of rotatable bonds is 8. The van der Waals surface area contributed by atoms with E-state index >= 15 is 0 Å². The summed E-state index contributed by atoms with van der Waals surface area (Å²) in [6.45, 7) is 20.2. The van der Waals surface area contributed by atoms with Gasteiger partial charge in [0.1, 0.15) is 0 Å². The maximum Gasteiger partial charge on any atom is 0.0991 e. The maximum absolute atomic E-state index is 10.0. The van der Waals surface area contributed by atoms with Crippen molar-refractivity contribution >= 4 is 77.8 Å². The first-order valence-electron chi connectivity index (χ1n) is 39.9. The average molecular weight is 1400 g/mol. The molecule has 4 heterocycles. The molecule has 8 heteroatoms.